The second-order valence-corrected chi connectivity index (χ2v) is 4.19. The van der Waals surface area contributed by atoms with E-state index in [1.165, 1.54) is 11.1 Å². The van der Waals surface area contributed by atoms with Crippen LogP contribution in [0.15, 0.2) is 30.5 Å². The van der Waals surface area contributed by atoms with Gasteiger partial charge in [-0.1, -0.05) is 31.2 Å². The number of amides is 1. The van der Waals surface area contributed by atoms with Crippen LogP contribution < -0.4 is 0 Å². The van der Waals surface area contributed by atoms with E-state index in [9.17, 15) is 18.0 Å². The average molecular weight is 301 g/mol. The highest BCUT2D eigenvalue weighted by Gasteiger charge is 2.38. The topological polar surface area (TPSA) is 57.6 Å². The van der Waals surface area contributed by atoms with Crippen molar-refractivity contribution >= 4 is 18.0 Å². The van der Waals surface area contributed by atoms with E-state index in [2.05, 4.69) is 12.1 Å². The molecule has 0 unspecified atom stereocenters. The molecule has 0 saturated heterocycles. The van der Waals surface area contributed by atoms with Crippen molar-refractivity contribution in [3.8, 4) is 0 Å². The second-order valence-electron chi connectivity index (χ2n) is 4.19. The minimum absolute atomic E-state index is 0.177. The molecule has 1 N–H and O–H groups in total. The van der Waals surface area contributed by atoms with Crippen LogP contribution in [0.25, 0.3) is 6.08 Å². The Kier molecular flexibility index (Phi) is 5.52. The summed E-state index contributed by atoms with van der Waals surface area (Å²) >= 11 is 0. The first-order valence-electron chi connectivity index (χ1n) is 6.11. The Morgan fingerprint density at radius 2 is 1.86 bits per heavy atom. The van der Waals surface area contributed by atoms with Crippen LogP contribution in [-0.2, 0) is 16.1 Å². The molecule has 114 valence electrons. The predicted molar refractivity (Wildman–Crippen MR) is 70.0 cm³/mol. The Hall–Kier alpha value is -2.31. The largest absolute Gasteiger partial charge is 0.490 e. The maximum Gasteiger partial charge on any atom is 0.490 e. The molecule has 2 rings (SSSR count). The summed E-state index contributed by atoms with van der Waals surface area (Å²) in [4.78, 5) is 22.1. The zero-order valence-corrected chi connectivity index (χ0v) is 11.2. The standard InChI is InChI=1S/C12H13NO.C2HF3O2/c1-2-12(14)13-8-7-10-5-3-4-6-11(10)9-13;3-2(4,5)1(6)7/h3-8H,2,9H2,1H3;(H,6,7). The van der Waals surface area contributed by atoms with Crippen LogP contribution >= 0.6 is 0 Å². The minimum atomic E-state index is -5.08. The van der Waals surface area contributed by atoms with Gasteiger partial charge in [-0.15, -0.1) is 0 Å². The number of hydrogen-bond donors (Lipinski definition) is 1. The summed E-state index contributed by atoms with van der Waals surface area (Å²) < 4.78 is 31.7. The van der Waals surface area contributed by atoms with Crippen molar-refractivity contribution in [2.24, 2.45) is 0 Å². The van der Waals surface area contributed by atoms with Gasteiger partial charge in [0, 0.05) is 12.6 Å². The number of carbonyl (C=O) groups is 2. The summed E-state index contributed by atoms with van der Waals surface area (Å²) in [7, 11) is 0. The molecule has 0 spiro atoms. The Bertz CT molecular complexity index is 553. The molecule has 1 heterocycles. The Morgan fingerprint density at radius 1 is 1.29 bits per heavy atom. The Morgan fingerprint density at radius 3 is 2.38 bits per heavy atom. The van der Waals surface area contributed by atoms with Gasteiger partial charge in [0.2, 0.25) is 5.91 Å². The van der Waals surface area contributed by atoms with Crippen LogP contribution in [0.2, 0.25) is 0 Å². The molecule has 21 heavy (non-hydrogen) atoms. The van der Waals surface area contributed by atoms with Crippen molar-refractivity contribution in [2.75, 3.05) is 0 Å². The first-order valence-corrected chi connectivity index (χ1v) is 6.11. The third-order valence-electron chi connectivity index (χ3n) is 2.70. The maximum absolute atomic E-state index is 11.5. The summed E-state index contributed by atoms with van der Waals surface area (Å²) in [5.41, 5.74) is 2.43. The number of carboxylic acid groups (broad SMARTS) is 1. The lowest BCUT2D eigenvalue weighted by Gasteiger charge is -2.22. The zero-order chi connectivity index (χ0) is 16.0. The van der Waals surface area contributed by atoms with E-state index in [0.29, 0.717) is 13.0 Å². The summed E-state index contributed by atoms with van der Waals surface area (Å²) in [6.45, 7) is 2.59. The predicted octanol–water partition coefficient (Wildman–Crippen LogP) is 3.04. The van der Waals surface area contributed by atoms with E-state index >= 15 is 0 Å². The van der Waals surface area contributed by atoms with Gasteiger partial charge in [-0.05, 0) is 17.2 Å². The molecule has 7 heteroatoms. The minimum Gasteiger partial charge on any atom is -0.475 e. The molecule has 1 aliphatic heterocycles. The van der Waals surface area contributed by atoms with E-state index < -0.39 is 12.1 Å². The average Bonchev–Trinajstić information content (AvgIpc) is 2.45. The van der Waals surface area contributed by atoms with E-state index in [1.807, 2.05) is 31.3 Å². The van der Waals surface area contributed by atoms with Crippen LogP contribution in [0.4, 0.5) is 13.2 Å². The first-order chi connectivity index (χ1) is 9.75. The zero-order valence-electron chi connectivity index (χ0n) is 11.2. The van der Waals surface area contributed by atoms with Gasteiger partial charge in [0.25, 0.3) is 0 Å². The Balaban J connectivity index is 0.000000270. The quantitative estimate of drug-likeness (QED) is 0.867. The lowest BCUT2D eigenvalue weighted by Crippen LogP contribution is -2.26. The fourth-order valence-corrected chi connectivity index (χ4v) is 1.62. The lowest BCUT2D eigenvalue weighted by molar-refractivity contribution is -0.192. The van der Waals surface area contributed by atoms with Crippen LogP contribution in [-0.4, -0.2) is 28.1 Å². The van der Waals surface area contributed by atoms with Crippen LogP contribution in [0.3, 0.4) is 0 Å². The number of rotatable bonds is 1. The molecule has 1 aliphatic rings. The van der Waals surface area contributed by atoms with Crippen molar-refractivity contribution in [2.45, 2.75) is 26.1 Å². The SMILES string of the molecule is CCC(=O)N1C=Cc2ccccc2C1.O=C(O)C(F)(F)F. The summed E-state index contributed by atoms with van der Waals surface area (Å²) in [6, 6.07) is 8.15. The van der Waals surface area contributed by atoms with Gasteiger partial charge >= 0.3 is 12.1 Å². The number of carbonyl (C=O) groups excluding carboxylic acids is 1. The highest BCUT2D eigenvalue weighted by Crippen LogP contribution is 2.19. The van der Waals surface area contributed by atoms with Crippen molar-refractivity contribution in [1.29, 1.82) is 0 Å². The third kappa shape index (κ3) is 4.94. The van der Waals surface area contributed by atoms with E-state index in [4.69, 9.17) is 9.90 Å². The van der Waals surface area contributed by atoms with Crippen molar-refractivity contribution < 1.29 is 27.9 Å². The highest BCUT2D eigenvalue weighted by atomic mass is 19.4. The summed E-state index contributed by atoms with van der Waals surface area (Å²) in [6.07, 6.45) is -0.660. The van der Waals surface area contributed by atoms with Crippen LogP contribution in [0, 0.1) is 0 Å². The molecule has 0 bridgehead atoms. The van der Waals surface area contributed by atoms with Gasteiger partial charge in [0.05, 0.1) is 6.54 Å². The van der Waals surface area contributed by atoms with Gasteiger partial charge in [-0.25, -0.2) is 4.79 Å². The monoisotopic (exact) mass is 301 g/mol. The van der Waals surface area contributed by atoms with Gasteiger partial charge in [-0.2, -0.15) is 13.2 Å². The number of aliphatic carboxylic acids is 1. The van der Waals surface area contributed by atoms with Crippen molar-refractivity contribution in [1.82, 2.24) is 4.90 Å². The number of halogens is 3. The summed E-state index contributed by atoms with van der Waals surface area (Å²) in [5.74, 6) is -2.58. The summed E-state index contributed by atoms with van der Waals surface area (Å²) in [5, 5.41) is 7.12. The highest BCUT2D eigenvalue weighted by molar-refractivity contribution is 5.79. The molecule has 4 nitrogen and oxygen atoms in total. The maximum atomic E-state index is 11.5. The molecule has 0 fully saturated rings. The number of hydrogen-bond acceptors (Lipinski definition) is 2. The van der Waals surface area contributed by atoms with E-state index in [0.717, 1.165) is 0 Å². The number of benzene rings is 1. The third-order valence-corrected chi connectivity index (χ3v) is 2.70. The van der Waals surface area contributed by atoms with Gasteiger partial charge in [0.1, 0.15) is 0 Å². The van der Waals surface area contributed by atoms with Gasteiger partial charge in [-0.3, -0.25) is 4.79 Å². The first kappa shape index (κ1) is 16.7. The van der Waals surface area contributed by atoms with Crippen LogP contribution in [0.5, 0.6) is 0 Å². The second kappa shape index (κ2) is 6.92. The molecule has 1 aromatic carbocycles. The normalized spacial score (nSPS) is 13.0. The molecule has 1 aromatic rings. The number of carboxylic acids is 1. The number of nitrogens with zero attached hydrogens (tertiary/aromatic N) is 1. The number of alkyl halides is 3. The fraction of sp³-hybridized carbons (Fsp3) is 0.286. The van der Waals surface area contributed by atoms with Gasteiger partial charge < -0.3 is 10.0 Å². The molecule has 1 amide bonds. The lowest BCUT2D eigenvalue weighted by atomic mass is 10.0. The molecule has 0 aromatic heterocycles. The molecule has 0 atom stereocenters. The molecule has 0 aliphatic carbocycles. The van der Waals surface area contributed by atoms with Crippen molar-refractivity contribution in [3.63, 3.8) is 0 Å². The van der Waals surface area contributed by atoms with Gasteiger partial charge in [0.15, 0.2) is 0 Å². The Labute approximate surface area is 119 Å². The van der Waals surface area contributed by atoms with Crippen molar-refractivity contribution in [3.05, 3.63) is 41.6 Å². The molecular formula is C14H14F3NO3. The molecular weight excluding hydrogens is 287 g/mol. The van der Waals surface area contributed by atoms with E-state index in [1.54, 1.807) is 4.90 Å². The molecule has 0 radical (unpaired) electrons. The van der Waals surface area contributed by atoms with Crippen LogP contribution in [0.1, 0.15) is 24.5 Å². The molecule has 0 saturated carbocycles. The fourth-order valence-electron chi connectivity index (χ4n) is 1.62. The number of fused-ring (bicyclic) bond motifs is 1. The smallest absolute Gasteiger partial charge is 0.475 e. The van der Waals surface area contributed by atoms with E-state index in [-0.39, 0.29) is 5.91 Å².